The van der Waals surface area contributed by atoms with Gasteiger partial charge in [-0.15, -0.1) is 0 Å². The van der Waals surface area contributed by atoms with E-state index in [0.29, 0.717) is 11.6 Å². The molecule has 23 heavy (non-hydrogen) atoms. The van der Waals surface area contributed by atoms with Gasteiger partial charge in [-0.25, -0.2) is 0 Å². The van der Waals surface area contributed by atoms with Crippen molar-refractivity contribution >= 4 is 40.9 Å². The zero-order chi connectivity index (χ0) is 16.4. The van der Waals surface area contributed by atoms with E-state index in [1.165, 1.54) is 11.8 Å². The summed E-state index contributed by atoms with van der Waals surface area (Å²) in [5, 5.41) is 6.27. The molecule has 118 valence electrons. The Hall–Kier alpha value is -1.98. The van der Waals surface area contributed by atoms with Crippen LogP contribution < -0.4 is 10.6 Å². The molecule has 2 N–H and O–H groups in total. The fourth-order valence-corrected chi connectivity index (χ4v) is 3.52. The van der Waals surface area contributed by atoms with Crippen LogP contribution >= 0.6 is 23.4 Å². The quantitative estimate of drug-likeness (QED) is 0.837. The van der Waals surface area contributed by atoms with Crippen molar-refractivity contribution in [1.82, 2.24) is 5.32 Å². The van der Waals surface area contributed by atoms with Crippen LogP contribution in [0.25, 0.3) is 0 Å². The highest BCUT2D eigenvalue weighted by molar-refractivity contribution is 8.02. The summed E-state index contributed by atoms with van der Waals surface area (Å²) in [5.41, 5.74) is 1.67. The molecule has 2 aromatic rings. The number of para-hydroxylation sites is 1. The molecule has 6 heteroatoms. The molecular weight excluding hydrogens is 332 g/mol. The van der Waals surface area contributed by atoms with Crippen molar-refractivity contribution < 1.29 is 9.59 Å². The van der Waals surface area contributed by atoms with Crippen molar-refractivity contribution in [3.63, 3.8) is 0 Å². The summed E-state index contributed by atoms with van der Waals surface area (Å²) in [6.07, 6.45) is 0. The minimum Gasteiger partial charge on any atom is -0.350 e. The fourth-order valence-electron chi connectivity index (χ4n) is 2.27. The third kappa shape index (κ3) is 3.21. The number of rotatable bonds is 3. The summed E-state index contributed by atoms with van der Waals surface area (Å²) >= 11 is 7.11. The molecule has 2 aromatic carbocycles. The normalized spacial score (nSPS) is 19.7. The second-order valence-electron chi connectivity index (χ2n) is 5.39. The molecule has 0 saturated carbocycles. The highest BCUT2D eigenvalue weighted by Gasteiger charge is 2.45. The van der Waals surface area contributed by atoms with E-state index in [0.717, 1.165) is 16.1 Å². The van der Waals surface area contributed by atoms with Crippen LogP contribution in [0.1, 0.15) is 12.5 Å². The third-order valence-electron chi connectivity index (χ3n) is 3.68. The van der Waals surface area contributed by atoms with E-state index in [1.807, 2.05) is 36.4 Å². The van der Waals surface area contributed by atoms with Crippen molar-refractivity contribution in [3.05, 3.63) is 59.1 Å². The molecule has 1 aliphatic rings. The highest BCUT2D eigenvalue weighted by Crippen LogP contribution is 2.42. The van der Waals surface area contributed by atoms with E-state index >= 15 is 0 Å². The molecule has 3 rings (SSSR count). The number of fused-ring (bicyclic) bond motifs is 1. The summed E-state index contributed by atoms with van der Waals surface area (Å²) in [6.45, 7) is 1.99. The Morgan fingerprint density at radius 1 is 1.22 bits per heavy atom. The van der Waals surface area contributed by atoms with Gasteiger partial charge in [-0.2, -0.15) is 0 Å². The van der Waals surface area contributed by atoms with Crippen molar-refractivity contribution in [2.75, 3.05) is 5.32 Å². The average molecular weight is 347 g/mol. The van der Waals surface area contributed by atoms with Gasteiger partial charge in [0.15, 0.2) is 4.75 Å². The molecule has 4 nitrogen and oxygen atoms in total. The Morgan fingerprint density at radius 3 is 2.65 bits per heavy atom. The Bertz CT molecular complexity index is 763. The van der Waals surface area contributed by atoms with Gasteiger partial charge in [0.05, 0.1) is 5.69 Å². The molecule has 0 aliphatic carbocycles. The van der Waals surface area contributed by atoms with Crippen LogP contribution in [0.4, 0.5) is 5.69 Å². The predicted molar refractivity (Wildman–Crippen MR) is 92.6 cm³/mol. The molecule has 0 radical (unpaired) electrons. The van der Waals surface area contributed by atoms with Gasteiger partial charge < -0.3 is 10.6 Å². The van der Waals surface area contributed by atoms with Crippen LogP contribution in [0, 0.1) is 0 Å². The number of benzene rings is 2. The number of anilines is 1. The number of thioether (sulfide) groups is 1. The Labute approximate surface area is 143 Å². The lowest BCUT2D eigenvalue weighted by Gasteiger charge is -2.31. The van der Waals surface area contributed by atoms with Crippen LogP contribution in [0.5, 0.6) is 0 Å². The Morgan fingerprint density at radius 2 is 1.91 bits per heavy atom. The summed E-state index contributed by atoms with van der Waals surface area (Å²) in [7, 11) is 0. The lowest BCUT2D eigenvalue weighted by molar-refractivity contribution is -0.130. The van der Waals surface area contributed by atoms with Crippen molar-refractivity contribution in [1.29, 1.82) is 0 Å². The minimum atomic E-state index is -1.19. The first kappa shape index (κ1) is 15.9. The molecule has 0 saturated heterocycles. The summed E-state index contributed by atoms with van der Waals surface area (Å²) in [5.74, 6) is -0.626. The topological polar surface area (TPSA) is 58.2 Å². The first-order valence-corrected chi connectivity index (χ1v) is 8.31. The maximum absolute atomic E-state index is 12.6. The van der Waals surface area contributed by atoms with Crippen molar-refractivity contribution in [3.8, 4) is 0 Å². The first-order valence-electron chi connectivity index (χ1n) is 7.11. The molecule has 1 aliphatic heterocycles. The third-order valence-corrected chi connectivity index (χ3v) is 5.29. The van der Waals surface area contributed by atoms with Gasteiger partial charge in [0.1, 0.15) is 0 Å². The standard InChI is InChI=1S/C17H15ClN2O2S/c1-17(15(21)19-10-11-6-8-12(18)9-7-11)16(22)20-13-4-2-3-5-14(13)23-17/h2-9H,10H2,1H3,(H,19,21)(H,20,22). The first-order chi connectivity index (χ1) is 11.0. The summed E-state index contributed by atoms with van der Waals surface area (Å²) < 4.78 is -1.19. The molecule has 1 atom stereocenters. The Kier molecular flexibility index (Phi) is 4.33. The molecule has 1 unspecified atom stereocenters. The number of amides is 2. The van der Waals surface area contributed by atoms with Crippen LogP contribution in [0.2, 0.25) is 5.02 Å². The molecule has 2 amide bonds. The van der Waals surface area contributed by atoms with Gasteiger partial charge >= 0.3 is 0 Å². The van der Waals surface area contributed by atoms with Crippen molar-refractivity contribution in [2.24, 2.45) is 0 Å². The van der Waals surface area contributed by atoms with Crippen LogP contribution in [0.3, 0.4) is 0 Å². The van der Waals surface area contributed by atoms with Crippen LogP contribution in [0.15, 0.2) is 53.4 Å². The monoisotopic (exact) mass is 346 g/mol. The van der Waals surface area contributed by atoms with Gasteiger partial charge in [0.25, 0.3) is 0 Å². The van der Waals surface area contributed by atoms with E-state index in [-0.39, 0.29) is 11.8 Å². The Balaban J connectivity index is 1.73. The lowest BCUT2D eigenvalue weighted by atomic mass is 10.1. The number of carbonyl (C=O) groups is 2. The van der Waals surface area contributed by atoms with Gasteiger partial charge in [0, 0.05) is 16.5 Å². The lowest BCUT2D eigenvalue weighted by Crippen LogP contribution is -2.51. The summed E-state index contributed by atoms with van der Waals surface area (Å²) in [6, 6.07) is 14.7. The number of nitrogens with one attached hydrogen (secondary N) is 2. The highest BCUT2D eigenvalue weighted by atomic mass is 35.5. The molecular formula is C17H15ClN2O2S. The second-order valence-corrected chi connectivity index (χ2v) is 7.29. The van der Waals surface area contributed by atoms with E-state index in [4.69, 9.17) is 11.6 Å². The molecule has 0 spiro atoms. The van der Waals surface area contributed by atoms with Crippen molar-refractivity contribution in [2.45, 2.75) is 23.1 Å². The maximum atomic E-state index is 12.6. The molecule has 0 fully saturated rings. The molecule has 0 aromatic heterocycles. The van der Waals surface area contributed by atoms with E-state index in [1.54, 1.807) is 19.1 Å². The van der Waals surface area contributed by atoms with Gasteiger partial charge in [-0.05, 0) is 36.8 Å². The maximum Gasteiger partial charge on any atom is 0.250 e. The van der Waals surface area contributed by atoms with Gasteiger partial charge in [-0.3, -0.25) is 9.59 Å². The average Bonchev–Trinajstić information content (AvgIpc) is 2.55. The van der Waals surface area contributed by atoms with Crippen LogP contribution in [-0.2, 0) is 16.1 Å². The zero-order valence-electron chi connectivity index (χ0n) is 12.4. The molecule has 1 heterocycles. The summed E-state index contributed by atoms with van der Waals surface area (Å²) in [4.78, 5) is 25.8. The van der Waals surface area contributed by atoms with Crippen LogP contribution in [-0.4, -0.2) is 16.6 Å². The van der Waals surface area contributed by atoms with Gasteiger partial charge in [0.2, 0.25) is 11.8 Å². The number of hydrogen-bond donors (Lipinski definition) is 2. The largest absolute Gasteiger partial charge is 0.350 e. The predicted octanol–water partition coefficient (Wildman–Crippen LogP) is 3.46. The van der Waals surface area contributed by atoms with Gasteiger partial charge in [-0.1, -0.05) is 47.6 Å². The smallest absolute Gasteiger partial charge is 0.250 e. The van der Waals surface area contributed by atoms with E-state index in [2.05, 4.69) is 10.6 Å². The fraction of sp³-hybridized carbons (Fsp3) is 0.176. The molecule has 0 bridgehead atoms. The number of hydrogen-bond acceptors (Lipinski definition) is 3. The van der Waals surface area contributed by atoms with E-state index < -0.39 is 4.75 Å². The second kappa shape index (κ2) is 6.26. The minimum absolute atomic E-state index is 0.310. The SMILES string of the molecule is CC1(C(=O)NCc2ccc(Cl)cc2)Sc2ccccc2NC1=O. The van der Waals surface area contributed by atoms with E-state index in [9.17, 15) is 9.59 Å². The number of carbonyl (C=O) groups excluding carboxylic acids is 2. The zero-order valence-corrected chi connectivity index (χ0v) is 14.0. The number of halogens is 1.